The van der Waals surface area contributed by atoms with Crippen LogP contribution in [0, 0.1) is 0 Å². The van der Waals surface area contributed by atoms with Crippen molar-refractivity contribution in [2.45, 2.75) is 20.0 Å². The highest BCUT2D eigenvalue weighted by Gasteiger charge is 2.25. The van der Waals surface area contributed by atoms with Crippen LogP contribution in [0.25, 0.3) is 0 Å². The number of allylic oxidation sites excluding steroid dienone is 2. The van der Waals surface area contributed by atoms with Crippen molar-refractivity contribution in [2.75, 3.05) is 26.2 Å². The van der Waals surface area contributed by atoms with Gasteiger partial charge in [-0.15, -0.1) is 24.8 Å². The first kappa shape index (κ1) is 21.6. The summed E-state index contributed by atoms with van der Waals surface area (Å²) in [4.78, 5) is 16.4. The summed E-state index contributed by atoms with van der Waals surface area (Å²) in [5.74, 6) is -0.0386. The number of carbonyl (C=O) groups is 1. The summed E-state index contributed by atoms with van der Waals surface area (Å²) >= 11 is 2.27. The second-order valence-corrected chi connectivity index (χ2v) is 5.98. The Bertz CT molecular complexity index is 464. The van der Waals surface area contributed by atoms with Crippen LogP contribution in [0.2, 0.25) is 0 Å². The number of amides is 1. The number of likely N-dealkylation sites (N-methyl/N-ethyl adjacent to an activating group) is 1. The van der Waals surface area contributed by atoms with Gasteiger partial charge in [0.1, 0.15) is 11.9 Å². The Hall–Kier alpha value is -0.440. The van der Waals surface area contributed by atoms with Gasteiger partial charge >= 0.3 is 0 Å². The van der Waals surface area contributed by atoms with Crippen LogP contribution in [-0.2, 0) is 4.79 Å². The molecule has 0 aromatic rings. The number of rotatable bonds is 6. The van der Waals surface area contributed by atoms with Crippen LogP contribution in [0.4, 0.5) is 0 Å². The number of hydrogen-bond acceptors (Lipinski definition) is 4. The molecule has 126 valence electrons. The second kappa shape index (κ2) is 10.4. The first-order valence-corrected chi connectivity index (χ1v) is 8.03. The average Bonchev–Trinajstić information content (AvgIpc) is 2.86. The van der Waals surface area contributed by atoms with E-state index in [1.165, 1.54) is 0 Å². The van der Waals surface area contributed by atoms with Gasteiger partial charge in [-0.2, -0.15) is 0 Å². The smallest absolute Gasteiger partial charge is 0.268 e. The van der Waals surface area contributed by atoms with Crippen LogP contribution in [0.15, 0.2) is 33.8 Å². The van der Waals surface area contributed by atoms with Crippen molar-refractivity contribution in [3.8, 4) is 0 Å². The molecule has 8 heteroatoms. The Kier molecular flexibility index (Phi) is 10.1. The van der Waals surface area contributed by atoms with Gasteiger partial charge in [-0.3, -0.25) is 4.79 Å². The van der Waals surface area contributed by atoms with Gasteiger partial charge in [0.15, 0.2) is 0 Å². The fraction of sp³-hybridized carbons (Fsp3) is 0.500. The molecular weight excluding hydrogens is 438 g/mol. The van der Waals surface area contributed by atoms with Gasteiger partial charge in [0.25, 0.3) is 5.91 Å². The predicted octanol–water partition coefficient (Wildman–Crippen LogP) is 2.21. The van der Waals surface area contributed by atoms with E-state index in [4.69, 9.17) is 0 Å². The zero-order valence-corrected chi connectivity index (χ0v) is 16.5. The van der Waals surface area contributed by atoms with Crippen LogP contribution in [-0.4, -0.2) is 48.1 Å². The molecule has 0 bridgehead atoms. The molecule has 5 nitrogen and oxygen atoms in total. The van der Waals surface area contributed by atoms with E-state index < -0.39 is 0 Å². The van der Waals surface area contributed by atoms with Crippen LogP contribution >= 0.6 is 47.4 Å². The highest BCUT2D eigenvalue weighted by Crippen LogP contribution is 2.22. The Balaban J connectivity index is 0.00000220. The molecule has 2 rings (SSSR count). The minimum atomic E-state index is -0.0386. The molecule has 0 spiro atoms. The molecule has 0 aromatic heterocycles. The zero-order chi connectivity index (χ0) is 14.5. The normalized spacial score (nSPS) is 18.5. The molecule has 0 saturated carbocycles. The van der Waals surface area contributed by atoms with Crippen LogP contribution in [0.1, 0.15) is 13.8 Å². The molecule has 0 fully saturated rings. The summed E-state index contributed by atoms with van der Waals surface area (Å²) < 4.78 is 1.15. The lowest BCUT2D eigenvalue weighted by molar-refractivity contribution is -0.117. The monoisotopic (exact) mass is 460 g/mol. The SMILES string of the molecule is CCN(CC)CCNC(=O)C1=CN2C=C(I)C=CC2N1.Cl.Cl. The molecule has 2 aliphatic heterocycles. The lowest BCUT2D eigenvalue weighted by Gasteiger charge is -2.22. The Morgan fingerprint density at radius 2 is 2.05 bits per heavy atom. The van der Waals surface area contributed by atoms with E-state index in [9.17, 15) is 4.79 Å². The first-order chi connectivity index (χ1) is 9.63. The summed E-state index contributed by atoms with van der Waals surface area (Å²) in [6, 6.07) is 0. The van der Waals surface area contributed by atoms with Gasteiger partial charge in [0.2, 0.25) is 0 Å². The van der Waals surface area contributed by atoms with Crippen molar-refractivity contribution < 1.29 is 4.79 Å². The molecule has 2 N–H and O–H groups in total. The van der Waals surface area contributed by atoms with Gasteiger partial charge < -0.3 is 20.4 Å². The summed E-state index contributed by atoms with van der Waals surface area (Å²) in [6.45, 7) is 7.84. The maximum Gasteiger partial charge on any atom is 0.268 e. The number of fused-ring (bicyclic) bond motifs is 1. The highest BCUT2D eigenvalue weighted by molar-refractivity contribution is 14.1. The molecule has 0 aromatic carbocycles. The van der Waals surface area contributed by atoms with Gasteiger partial charge in [-0.1, -0.05) is 13.8 Å². The van der Waals surface area contributed by atoms with E-state index in [2.05, 4.69) is 58.0 Å². The third-order valence-electron chi connectivity index (χ3n) is 3.47. The number of halogens is 3. The molecule has 0 saturated heterocycles. The fourth-order valence-corrected chi connectivity index (χ4v) is 2.75. The average molecular weight is 461 g/mol. The number of nitrogens with zero attached hydrogens (tertiary/aromatic N) is 2. The summed E-state index contributed by atoms with van der Waals surface area (Å²) in [6.07, 6.45) is 8.05. The lowest BCUT2D eigenvalue weighted by atomic mass is 10.3. The van der Waals surface area contributed by atoms with Crippen LogP contribution < -0.4 is 10.6 Å². The van der Waals surface area contributed by atoms with Gasteiger partial charge in [-0.05, 0) is 47.8 Å². The summed E-state index contributed by atoms with van der Waals surface area (Å²) in [7, 11) is 0. The van der Waals surface area contributed by atoms with Gasteiger partial charge in [0, 0.05) is 29.1 Å². The predicted molar refractivity (Wildman–Crippen MR) is 103 cm³/mol. The van der Waals surface area contributed by atoms with Crippen LogP contribution in [0.5, 0.6) is 0 Å². The second-order valence-electron chi connectivity index (χ2n) is 4.74. The minimum absolute atomic E-state index is 0. The number of nitrogens with one attached hydrogen (secondary N) is 2. The maximum absolute atomic E-state index is 12.1. The fourth-order valence-electron chi connectivity index (χ4n) is 2.22. The molecule has 1 unspecified atom stereocenters. The summed E-state index contributed by atoms with van der Waals surface area (Å²) in [5.41, 5.74) is 0.626. The standard InChI is InChI=1S/C14H21IN4O.2ClH/c1-3-18(4-2)8-7-16-14(20)12-10-19-9-11(15)5-6-13(19)17-12;;/h5-6,9-10,13,17H,3-4,7-8H2,1-2H3,(H,16,20);2*1H. The Morgan fingerprint density at radius 3 is 2.68 bits per heavy atom. The van der Waals surface area contributed by atoms with E-state index in [-0.39, 0.29) is 36.9 Å². The van der Waals surface area contributed by atoms with E-state index in [0.29, 0.717) is 12.2 Å². The van der Waals surface area contributed by atoms with Crippen molar-refractivity contribution in [3.05, 3.63) is 33.8 Å². The summed E-state index contributed by atoms with van der Waals surface area (Å²) in [5, 5.41) is 6.17. The number of hydrogen-bond donors (Lipinski definition) is 2. The number of carbonyl (C=O) groups excluding carboxylic acids is 1. The molecule has 1 atom stereocenters. The molecule has 22 heavy (non-hydrogen) atoms. The molecule has 0 aliphatic carbocycles. The van der Waals surface area contributed by atoms with E-state index in [0.717, 1.165) is 23.2 Å². The van der Waals surface area contributed by atoms with E-state index in [1.54, 1.807) is 0 Å². The van der Waals surface area contributed by atoms with Gasteiger partial charge in [0.05, 0.1) is 0 Å². The van der Waals surface area contributed by atoms with Crippen molar-refractivity contribution in [2.24, 2.45) is 0 Å². The first-order valence-electron chi connectivity index (χ1n) is 6.96. The van der Waals surface area contributed by atoms with Crippen molar-refractivity contribution in [1.29, 1.82) is 0 Å². The quantitative estimate of drug-likeness (QED) is 0.596. The van der Waals surface area contributed by atoms with Crippen molar-refractivity contribution in [3.63, 3.8) is 0 Å². The maximum atomic E-state index is 12.1. The molecule has 0 radical (unpaired) electrons. The van der Waals surface area contributed by atoms with E-state index in [1.807, 2.05) is 23.4 Å². The minimum Gasteiger partial charge on any atom is -0.356 e. The van der Waals surface area contributed by atoms with Crippen molar-refractivity contribution in [1.82, 2.24) is 20.4 Å². The molecule has 1 amide bonds. The third-order valence-corrected chi connectivity index (χ3v) is 4.10. The lowest BCUT2D eigenvalue weighted by Crippen LogP contribution is -2.39. The topological polar surface area (TPSA) is 47.6 Å². The highest BCUT2D eigenvalue weighted by atomic mass is 127. The third kappa shape index (κ3) is 5.64. The van der Waals surface area contributed by atoms with Crippen molar-refractivity contribution >= 4 is 53.3 Å². The Labute approximate surface area is 158 Å². The molecule has 2 heterocycles. The Morgan fingerprint density at radius 1 is 1.36 bits per heavy atom. The van der Waals surface area contributed by atoms with E-state index >= 15 is 0 Å². The van der Waals surface area contributed by atoms with Gasteiger partial charge in [-0.25, -0.2) is 0 Å². The molecule has 2 aliphatic rings. The molecular formula is C14H23Cl2IN4O. The zero-order valence-electron chi connectivity index (χ0n) is 12.7. The van der Waals surface area contributed by atoms with Crippen LogP contribution in [0.3, 0.4) is 0 Å². The largest absolute Gasteiger partial charge is 0.356 e.